The van der Waals surface area contributed by atoms with Crippen molar-refractivity contribution in [1.29, 1.82) is 0 Å². The Balaban J connectivity index is 1.75. The van der Waals surface area contributed by atoms with Crippen molar-refractivity contribution < 1.29 is 9.47 Å². The van der Waals surface area contributed by atoms with Crippen molar-refractivity contribution in [2.24, 2.45) is 0 Å². The molecule has 0 spiro atoms. The Morgan fingerprint density at radius 3 is 2.85 bits per heavy atom. The van der Waals surface area contributed by atoms with Crippen LogP contribution in [-0.2, 0) is 9.47 Å². The van der Waals surface area contributed by atoms with Gasteiger partial charge in [-0.3, -0.25) is 0 Å². The monoisotopic (exact) mass is 185 g/mol. The fourth-order valence-corrected chi connectivity index (χ4v) is 1.90. The van der Waals surface area contributed by atoms with E-state index in [1.165, 1.54) is 19.3 Å². The van der Waals surface area contributed by atoms with Crippen LogP contribution < -0.4 is 5.32 Å². The van der Waals surface area contributed by atoms with E-state index in [1.54, 1.807) is 7.11 Å². The third-order valence-corrected chi connectivity index (χ3v) is 3.32. The molecule has 2 aliphatic rings. The minimum Gasteiger partial charge on any atom is -0.378 e. The predicted molar refractivity (Wildman–Crippen MR) is 50.8 cm³/mol. The summed E-state index contributed by atoms with van der Waals surface area (Å²) in [6.07, 6.45) is 5.08. The van der Waals surface area contributed by atoms with Crippen LogP contribution >= 0.6 is 0 Å². The molecule has 1 saturated carbocycles. The third-order valence-electron chi connectivity index (χ3n) is 3.32. The summed E-state index contributed by atoms with van der Waals surface area (Å²) in [5.41, 5.74) is -0.0322. The Morgan fingerprint density at radius 1 is 1.54 bits per heavy atom. The van der Waals surface area contributed by atoms with Crippen molar-refractivity contribution in [3.05, 3.63) is 0 Å². The summed E-state index contributed by atoms with van der Waals surface area (Å²) in [4.78, 5) is 0. The summed E-state index contributed by atoms with van der Waals surface area (Å²) >= 11 is 0. The van der Waals surface area contributed by atoms with Crippen LogP contribution in [0.3, 0.4) is 0 Å². The zero-order chi connectivity index (χ0) is 9.15. The minimum absolute atomic E-state index is 0.0322. The molecular formula is C10H19NO2. The summed E-state index contributed by atoms with van der Waals surface area (Å²) < 4.78 is 10.9. The van der Waals surface area contributed by atoms with Crippen molar-refractivity contribution in [1.82, 2.24) is 5.32 Å². The number of ether oxygens (including phenoxy) is 2. The molecule has 0 bridgehead atoms. The van der Waals surface area contributed by atoms with E-state index in [0.29, 0.717) is 0 Å². The van der Waals surface area contributed by atoms with E-state index in [1.807, 2.05) is 0 Å². The molecule has 0 radical (unpaired) electrons. The van der Waals surface area contributed by atoms with Crippen LogP contribution in [0.1, 0.15) is 25.7 Å². The lowest BCUT2D eigenvalue weighted by Crippen LogP contribution is -2.48. The van der Waals surface area contributed by atoms with Crippen LogP contribution in [0.5, 0.6) is 0 Å². The predicted octanol–water partition coefficient (Wildman–Crippen LogP) is 0.934. The van der Waals surface area contributed by atoms with Crippen molar-refractivity contribution in [2.45, 2.75) is 37.3 Å². The van der Waals surface area contributed by atoms with Crippen molar-refractivity contribution in [2.75, 3.05) is 26.9 Å². The highest BCUT2D eigenvalue weighted by atomic mass is 16.5. The summed E-state index contributed by atoms with van der Waals surface area (Å²) in [5, 5.41) is 3.55. The summed E-state index contributed by atoms with van der Waals surface area (Å²) in [5.74, 6) is 0. The summed E-state index contributed by atoms with van der Waals surface area (Å²) in [7, 11) is 1.79. The van der Waals surface area contributed by atoms with Crippen LogP contribution in [0.4, 0.5) is 0 Å². The smallest absolute Gasteiger partial charge is 0.106 e. The van der Waals surface area contributed by atoms with Crippen molar-refractivity contribution in [3.8, 4) is 0 Å². The van der Waals surface area contributed by atoms with Gasteiger partial charge in [0.25, 0.3) is 0 Å². The molecule has 2 fully saturated rings. The molecule has 13 heavy (non-hydrogen) atoms. The first-order chi connectivity index (χ1) is 6.35. The average molecular weight is 185 g/mol. The van der Waals surface area contributed by atoms with E-state index in [4.69, 9.17) is 9.47 Å². The number of nitrogens with one attached hydrogen (secondary N) is 1. The Labute approximate surface area is 79.8 Å². The van der Waals surface area contributed by atoms with Crippen LogP contribution in [-0.4, -0.2) is 38.5 Å². The van der Waals surface area contributed by atoms with E-state index < -0.39 is 0 Å². The van der Waals surface area contributed by atoms with Crippen LogP contribution in [0.25, 0.3) is 0 Å². The highest BCUT2D eigenvalue weighted by Gasteiger charge is 2.35. The molecule has 0 amide bonds. The number of methoxy groups -OCH3 is 1. The second-order valence-electron chi connectivity index (χ2n) is 4.20. The van der Waals surface area contributed by atoms with Crippen molar-refractivity contribution in [3.63, 3.8) is 0 Å². The summed E-state index contributed by atoms with van der Waals surface area (Å²) in [6, 6.07) is 0.743. The van der Waals surface area contributed by atoms with Gasteiger partial charge < -0.3 is 14.8 Å². The van der Waals surface area contributed by atoms with Gasteiger partial charge in [0.1, 0.15) is 5.60 Å². The van der Waals surface area contributed by atoms with Gasteiger partial charge in [0, 0.05) is 32.7 Å². The van der Waals surface area contributed by atoms with Crippen molar-refractivity contribution >= 4 is 0 Å². The second kappa shape index (κ2) is 3.95. The third kappa shape index (κ3) is 2.03. The molecule has 1 aliphatic heterocycles. The van der Waals surface area contributed by atoms with Gasteiger partial charge in [-0.05, 0) is 12.8 Å². The van der Waals surface area contributed by atoms with Gasteiger partial charge in [0.2, 0.25) is 0 Å². The molecule has 0 aromatic heterocycles. The molecule has 1 heterocycles. The molecule has 3 heteroatoms. The zero-order valence-electron chi connectivity index (χ0n) is 8.34. The fraction of sp³-hybridized carbons (Fsp3) is 1.00. The molecule has 0 aromatic carbocycles. The first-order valence-electron chi connectivity index (χ1n) is 5.21. The van der Waals surface area contributed by atoms with Gasteiger partial charge in [-0.15, -0.1) is 0 Å². The van der Waals surface area contributed by atoms with E-state index in [0.717, 1.165) is 32.2 Å². The molecule has 3 nitrogen and oxygen atoms in total. The van der Waals surface area contributed by atoms with Gasteiger partial charge in [-0.2, -0.15) is 0 Å². The fourth-order valence-electron chi connectivity index (χ4n) is 1.90. The maximum Gasteiger partial charge on any atom is 0.106 e. The molecule has 0 aromatic rings. The molecule has 2 rings (SSSR count). The van der Waals surface area contributed by atoms with Crippen LogP contribution in [0, 0.1) is 0 Å². The average Bonchev–Trinajstić information content (AvgIpc) is 2.51. The SMILES string of the molecule is COC1(CNC2CCC2)CCOC1. The molecule has 1 atom stereocenters. The van der Waals surface area contributed by atoms with Gasteiger partial charge in [-0.1, -0.05) is 6.42 Å². The van der Waals surface area contributed by atoms with E-state index in [9.17, 15) is 0 Å². The highest BCUT2D eigenvalue weighted by Crippen LogP contribution is 2.24. The first kappa shape index (κ1) is 9.44. The highest BCUT2D eigenvalue weighted by molar-refractivity contribution is 4.89. The first-order valence-corrected chi connectivity index (χ1v) is 5.21. The molecule has 1 saturated heterocycles. The topological polar surface area (TPSA) is 30.5 Å². The maximum atomic E-state index is 5.53. The minimum atomic E-state index is -0.0322. The molecule has 1 N–H and O–H groups in total. The van der Waals surface area contributed by atoms with E-state index in [-0.39, 0.29) is 5.60 Å². The normalized spacial score (nSPS) is 34.8. The largest absolute Gasteiger partial charge is 0.378 e. The van der Waals surface area contributed by atoms with E-state index in [2.05, 4.69) is 5.32 Å². The lowest BCUT2D eigenvalue weighted by molar-refractivity contribution is -0.0191. The second-order valence-corrected chi connectivity index (χ2v) is 4.20. The lowest BCUT2D eigenvalue weighted by atomic mass is 9.92. The molecule has 1 aliphatic carbocycles. The number of hydrogen-bond acceptors (Lipinski definition) is 3. The van der Waals surface area contributed by atoms with Gasteiger partial charge in [-0.25, -0.2) is 0 Å². The standard InChI is InChI=1S/C10H19NO2/c1-12-10(5-6-13-8-10)7-11-9-3-2-4-9/h9,11H,2-8H2,1H3. The zero-order valence-corrected chi connectivity index (χ0v) is 8.34. The molecule has 76 valence electrons. The Morgan fingerprint density at radius 2 is 2.38 bits per heavy atom. The van der Waals surface area contributed by atoms with Crippen LogP contribution in [0.15, 0.2) is 0 Å². The van der Waals surface area contributed by atoms with E-state index >= 15 is 0 Å². The maximum absolute atomic E-state index is 5.53. The number of hydrogen-bond donors (Lipinski definition) is 1. The van der Waals surface area contributed by atoms with Crippen LogP contribution in [0.2, 0.25) is 0 Å². The van der Waals surface area contributed by atoms with Gasteiger partial charge >= 0.3 is 0 Å². The molecule has 1 unspecified atom stereocenters. The summed E-state index contributed by atoms with van der Waals surface area (Å²) in [6.45, 7) is 2.55. The lowest BCUT2D eigenvalue weighted by Gasteiger charge is -2.32. The molecular weight excluding hydrogens is 166 g/mol. The Kier molecular flexibility index (Phi) is 2.86. The number of rotatable bonds is 4. The Hall–Kier alpha value is -0.120. The van der Waals surface area contributed by atoms with Gasteiger partial charge in [0.15, 0.2) is 0 Å². The quantitative estimate of drug-likeness (QED) is 0.707. The van der Waals surface area contributed by atoms with Gasteiger partial charge in [0.05, 0.1) is 6.61 Å². The Bertz CT molecular complexity index is 162.